The van der Waals surface area contributed by atoms with Gasteiger partial charge in [-0.05, 0) is 30.2 Å². The van der Waals surface area contributed by atoms with Crippen LogP contribution in [-0.2, 0) is 22.4 Å². The van der Waals surface area contributed by atoms with Gasteiger partial charge in [0.25, 0.3) is 0 Å². The van der Waals surface area contributed by atoms with Crippen LogP contribution in [0.1, 0.15) is 17.7 Å². The number of hydrogen-bond acceptors (Lipinski definition) is 4. The summed E-state index contributed by atoms with van der Waals surface area (Å²) in [4.78, 5) is 36.6. The molecule has 1 fully saturated rings. The van der Waals surface area contributed by atoms with Crippen molar-refractivity contribution in [3.05, 3.63) is 60.2 Å². The Hall–Kier alpha value is -2.76. The minimum atomic E-state index is 0.0705. The molecule has 1 saturated heterocycles. The lowest BCUT2D eigenvalue weighted by Crippen LogP contribution is -2.51. The van der Waals surface area contributed by atoms with Gasteiger partial charge in [-0.1, -0.05) is 12.1 Å². The molecule has 0 unspecified atom stereocenters. The molecule has 0 atom stereocenters. The molecule has 6 heteroatoms. The third kappa shape index (κ3) is 4.86. The molecule has 6 nitrogen and oxygen atoms in total. The average molecular weight is 338 g/mol. The number of aromatic nitrogens is 2. The second kappa shape index (κ2) is 8.37. The highest BCUT2D eigenvalue weighted by atomic mass is 16.2. The molecule has 0 radical (unpaired) electrons. The Labute approximate surface area is 147 Å². The maximum atomic E-state index is 12.3. The summed E-state index contributed by atoms with van der Waals surface area (Å²) >= 11 is 0. The number of amides is 2. The van der Waals surface area contributed by atoms with Gasteiger partial charge in [0, 0.05) is 56.9 Å². The predicted molar refractivity (Wildman–Crippen MR) is 93.7 cm³/mol. The smallest absolute Gasteiger partial charge is 0.228 e. The van der Waals surface area contributed by atoms with Gasteiger partial charge >= 0.3 is 0 Å². The van der Waals surface area contributed by atoms with E-state index in [1.54, 1.807) is 18.6 Å². The summed E-state index contributed by atoms with van der Waals surface area (Å²) in [6.07, 6.45) is 6.71. The van der Waals surface area contributed by atoms with Crippen LogP contribution in [0.25, 0.3) is 0 Å². The van der Waals surface area contributed by atoms with Crippen LogP contribution in [0.2, 0.25) is 0 Å². The number of carbonyl (C=O) groups is 2. The number of hydrogen-bond donors (Lipinski definition) is 0. The molecule has 3 heterocycles. The molecule has 0 aromatic carbocycles. The first-order chi connectivity index (χ1) is 12.2. The first-order valence-electron chi connectivity index (χ1n) is 8.57. The van der Waals surface area contributed by atoms with E-state index in [4.69, 9.17) is 0 Å². The molecule has 0 bridgehead atoms. The molecule has 25 heavy (non-hydrogen) atoms. The second-order valence-corrected chi connectivity index (χ2v) is 6.12. The van der Waals surface area contributed by atoms with Crippen molar-refractivity contribution >= 4 is 11.8 Å². The quantitative estimate of drug-likeness (QED) is 0.825. The van der Waals surface area contributed by atoms with Crippen molar-refractivity contribution in [3.63, 3.8) is 0 Å². The average Bonchev–Trinajstić information content (AvgIpc) is 2.68. The highest BCUT2D eigenvalue weighted by Crippen LogP contribution is 2.09. The van der Waals surface area contributed by atoms with Gasteiger partial charge in [0.2, 0.25) is 11.8 Å². The van der Waals surface area contributed by atoms with Crippen LogP contribution in [0, 0.1) is 0 Å². The number of piperazine rings is 1. The van der Waals surface area contributed by atoms with Gasteiger partial charge in [-0.3, -0.25) is 19.6 Å². The normalized spacial score (nSPS) is 14.4. The number of carbonyl (C=O) groups excluding carboxylic acids is 2. The van der Waals surface area contributed by atoms with Gasteiger partial charge in [-0.2, -0.15) is 0 Å². The molecule has 0 N–H and O–H groups in total. The fourth-order valence-corrected chi connectivity index (χ4v) is 2.93. The van der Waals surface area contributed by atoms with Gasteiger partial charge in [0.15, 0.2) is 0 Å². The molecular formula is C19H22N4O2. The fourth-order valence-electron chi connectivity index (χ4n) is 2.93. The Kier molecular flexibility index (Phi) is 5.72. The standard InChI is InChI=1S/C19H22N4O2/c24-18(7-6-16-4-3-8-20-15-16)22-10-12-23(13-11-22)19(25)14-17-5-1-2-9-21-17/h1-5,8-9,15H,6-7,10-14H2. The number of aryl methyl sites for hydroxylation is 1. The molecule has 3 rings (SSSR count). The van der Waals surface area contributed by atoms with E-state index in [1.807, 2.05) is 40.1 Å². The molecule has 2 aromatic rings. The van der Waals surface area contributed by atoms with E-state index in [-0.39, 0.29) is 11.8 Å². The van der Waals surface area contributed by atoms with E-state index in [0.29, 0.717) is 45.4 Å². The van der Waals surface area contributed by atoms with Crippen LogP contribution >= 0.6 is 0 Å². The number of pyridine rings is 2. The van der Waals surface area contributed by atoms with Crippen molar-refractivity contribution in [1.29, 1.82) is 0 Å². The Morgan fingerprint density at radius 1 is 0.920 bits per heavy atom. The molecule has 1 aliphatic heterocycles. The molecule has 1 aliphatic rings. The Balaban J connectivity index is 1.43. The Morgan fingerprint density at radius 3 is 2.32 bits per heavy atom. The topological polar surface area (TPSA) is 66.4 Å². The van der Waals surface area contributed by atoms with Crippen molar-refractivity contribution in [2.45, 2.75) is 19.3 Å². The van der Waals surface area contributed by atoms with Crippen molar-refractivity contribution in [1.82, 2.24) is 19.8 Å². The first kappa shape index (κ1) is 17.1. The lowest BCUT2D eigenvalue weighted by Gasteiger charge is -2.35. The van der Waals surface area contributed by atoms with E-state index in [2.05, 4.69) is 9.97 Å². The number of nitrogens with zero attached hydrogens (tertiary/aromatic N) is 4. The molecule has 0 aliphatic carbocycles. The van der Waals surface area contributed by atoms with E-state index in [9.17, 15) is 9.59 Å². The zero-order valence-corrected chi connectivity index (χ0v) is 14.2. The van der Waals surface area contributed by atoms with Crippen LogP contribution < -0.4 is 0 Å². The minimum Gasteiger partial charge on any atom is -0.339 e. The molecule has 0 spiro atoms. The first-order valence-corrected chi connectivity index (χ1v) is 8.57. The lowest BCUT2D eigenvalue weighted by atomic mass is 10.1. The summed E-state index contributed by atoms with van der Waals surface area (Å²) in [6.45, 7) is 2.37. The molecular weight excluding hydrogens is 316 g/mol. The number of rotatable bonds is 5. The van der Waals surface area contributed by atoms with E-state index in [1.165, 1.54) is 0 Å². The van der Waals surface area contributed by atoms with E-state index in [0.717, 1.165) is 11.3 Å². The maximum absolute atomic E-state index is 12.3. The molecule has 130 valence electrons. The second-order valence-electron chi connectivity index (χ2n) is 6.12. The third-order valence-electron chi connectivity index (χ3n) is 4.39. The van der Waals surface area contributed by atoms with Gasteiger partial charge in [0.05, 0.1) is 6.42 Å². The van der Waals surface area contributed by atoms with Crippen molar-refractivity contribution in [2.75, 3.05) is 26.2 Å². The Morgan fingerprint density at radius 2 is 1.68 bits per heavy atom. The maximum Gasteiger partial charge on any atom is 0.228 e. The van der Waals surface area contributed by atoms with Gasteiger partial charge in [0.1, 0.15) is 0 Å². The van der Waals surface area contributed by atoms with Gasteiger partial charge in [-0.15, -0.1) is 0 Å². The molecule has 0 saturated carbocycles. The highest BCUT2D eigenvalue weighted by Gasteiger charge is 2.24. The van der Waals surface area contributed by atoms with Crippen molar-refractivity contribution in [2.24, 2.45) is 0 Å². The van der Waals surface area contributed by atoms with Gasteiger partial charge < -0.3 is 9.80 Å². The summed E-state index contributed by atoms with van der Waals surface area (Å²) in [5.74, 6) is 0.210. The SMILES string of the molecule is O=C(CCc1cccnc1)N1CCN(C(=O)Cc2ccccn2)CC1. The zero-order valence-electron chi connectivity index (χ0n) is 14.2. The monoisotopic (exact) mass is 338 g/mol. The molecule has 2 aromatic heterocycles. The zero-order chi connectivity index (χ0) is 17.5. The van der Waals surface area contributed by atoms with Crippen LogP contribution in [-0.4, -0.2) is 57.8 Å². The fraction of sp³-hybridized carbons (Fsp3) is 0.368. The summed E-state index contributed by atoms with van der Waals surface area (Å²) < 4.78 is 0. The lowest BCUT2D eigenvalue weighted by molar-refractivity contribution is -0.139. The summed E-state index contributed by atoms with van der Waals surface area (Å²) in [6, 6.07) is 9.44. The van der Waals surface area contributed by atoms with Crippen molar-refractivity contribution < 1.29 is 9.59 Å². The predicted octanol–water partition coefficient (Wildman–Crippen LogP) is 1.32. The van der Waals surface area contributed by atoms with Crippen LogP contribution in [0.15, 0.2) is 48.9 Å². The summed E-state index contributed by atoms with van der Waals surface area (Å²) in [5.41, 5.74) is 1.85. The third-order valence-corrected chi connectivity index (χ3v) is 4.39. The minimum absolute atomic E-state index is 0.0705. The largest absolute Gasteiger partial charge is 0.339 e. The van der Waals surface area contributed by atoms with Gasteiger partial charge in [-0.25, -0.2) is 0 Å². The van der Waals surface area contributed by atoms with Crippen LogP contribution in [0.5, 0.6) is 0 Å². The summed E-state index contributed by atoms with van der Waals surface area (Å²) in [7, 11) is 0. The Bertz CT molecular complexity index is 698. The van der Waals surface area contributed by atoms with E-state index < -0.39 is 0 Å². The molecule has 2 amide bonds. The highest BCUT2D eigenvalue weighted by molar-refractivity contribution is 5.79. The summed E-state index contributed by atoms with van der Waals surface area (Å²) in [5, 5.41) is 0. The van der Waals surface area contributed by atoms with Crippen LogP contribution in [0.3, 0.4) is 0 Å². The van der Waals surface area contributed by atoms with Crippen LogP contribution in [0.4, 0.5) is 0 Å². The van der Waals surface area contributed by atoms with Crippen molar-refractivity contribution in [3.8, 4) is 0 Å². The van der Waals surface area contributed by atoms with E-state index >= 15 is 0 Å².